The maximum Gasteiger partial charge on any atom is 1.00 e. The van der Waals surface area contributed by atoms with Crippen molar-refractivity contribution >= 4 is 11.9 Å². The summed E-state index contributed by atoms with van der Waals surface area (Å²) in [7, 11) is 0. The first kappa shape index (κ1) is 28.7. The van der Waals surface area contributed by atoms with Gasteiger partial charge in [-0.15, -0.1) is 0 Å². The first-order valence-corrected chi connectivity index (χ1v) is 10.2. The Bertz CT molecular complexity index is 340. The third kappa shape index (κ3) is 20.8. The maximum atomic E-state index is 10.8. The van der Waals surface area contributed by atoms with Crippen molar-refractivity contribution in [1.82, 2.24) is 5.32 Å². The number of carbonyl (C=O) groups excluding carboxylic acids is 1. The zero-order chi connectivity index (χ0) is 18.8. The van der Waals surface area contributed by atoms with E-state index in [1.807, 2.05) is 0 Å². The first-order valence-electron chi connectivity index (χ1n) is 10.2. The largest absolute Gasteiger partial charge is 1.00 e. The Hall–Kier alpha value is 0.536. The van der Waals surface area contributed by atoms with Gasteiger partial charge in [0.2, 0.25) is 0 Å². The maximum absolute atomic E-state index is 10.8. The van der Waals surface area contributed by atoms with Crippen LogP contribution in [-0.2, 0) is 9.59 Å². The van der Waals surface area contributed by atoms with E-state index in [0.717, 1.165) is 19.3 Å². The van der Waals surface area contributed by atoms with Crippen molar-refractivity contribution in [2.24, 2.45) is 0 Å². The number of hydrogen-bond acceptors (Lipinski definition) is 4. The molecule has 0 heterocycles. The molecule has 0 unspecified atom stereocenters. The van der Waals surface area contributed by atoms with Crippen LogP contribution < -0.4 is 61.8 Å². The van der Waals surface area contributed by atoms with Crippen molar-refractivity contribution in [3.05, 3.63) is 0 Å². The van der Waals surface area contributed by atoms with Gasteiger partial charge in [-0.05, 0) is 13.0 Å². The van der Waals surface area contributed by atoms with Gasteiger partial charge in [-0.2, -0.15) is 0 Å². The van der Waals surface area contributed by atoms with Gasteiger partial charge in [-0.3, -0.25) is 4.79 Å². The SMILES string of the molecule is CCCCCCCCCCCCCCCCN[C@@H](CC(=O)O)C(=O)[O-].[K+]. The molecule has 0 aromatic carbocycles. The van der Waals surface area contributed by atoms with Crippen molar-refractivity contribution < 1.29 is 71.2 Å². The van der Waals surface area contributed by atoms with Crippen molar-refractivity contribution in [2.75, 3.05) is 6.54 Å². The summed E-state index contributed by atoms with van der Waals surface area (Å²) < 4.78 is 0. The first-order chi connectivity index (χ1) is 12.1. The molecule has 26 heavy (non-hydrogen) atoms. The van der Waals surface area contributed by atoms with Crippen LogP contribution in [0.1, 0.15) is 103 Å². The number of nitrogens with one attached hydrogen (secondary N) is 1. The molecule has 0 saturated heterocycles. The van der Waals surface area contributed by atoms with Gasteiger partial charge in [0.25, 0.3) is 0 Å². The topological polar surface area (TPSA) is 89.5 Å². The van der Waals surface area contributed by atoms with Gasteiger partial charge in [0.15, 0.2) is 0 Å². The Morgan fingerprint density at radius 3 is 1.54 bits per heavy atom. The van der Waals surface area contributed by atoms with Crippen molar-refractivity contribution in [1.29, 1.82) is 0 Å². The van der Waals surface area contributed by atoms with E-state index in [-0.39, 0.29) is 51.4 Å². The Kier molecular flexibility index (Phi) is 24.1. The van der Waals surface area contributed by atoms with Crippen LogP contribution in [0.3, 0.4) is 0 Å². The summed E-state index contributed by atoms with van der Waals surface area (Å²) >= 11 is 0. The van der Waals surface area contributed by atoms with Crippen molar-refractivity contribution in [3.8, 4) is 0 Å². The fraction of sp³-hybridized carbons (Fsp3) is 0.900. The van der Waals surface area contributed by atoms with Crippen LogP contribution in [0.5, 0.6) is 0 Å². The predicted molar refractivity (Wildman–Crippen MR) is 99.4 cm³/mol. The monoisotopic (exact) mass is 395 g/mol. The molecule has 1 atom stereocenters. The van der Waals surface area contributed by atoms with Gasteiger partial charge in [0.05, 0.1) is 18.4 Å². The van der Waals surface area contributed by atoms with Crippen LogP contribution in [0.4, 0.5) is 0 Å². The summed E-state index contributed by atoms with van der Waals surface area (Å²) in [6.07, 6.45) is 17.5. The summed E-state index contributed by atoms with van der Waals surface area (Å²) in [4.78, 5) is 21.3. The molecule has 0 bridgehead atoms. The number of carboxylic acid groups (broad SMARTS) is 2. The normalized spacial score (nSPS) is 11.7. The Labute approximate surface area is 202 Å². The standard InChI is InChI=1S/C20H39NO4.K/c1-2-3-4-5-6-7-8-9-10-11-12-13-14-15-16-21-18(20(24)25)17-19(22)23;/h18,21H,2-17H2,1H3,(H,22,23)(H,24,25);/q;+1/p-1/t18-;/m0./s1. The molecule has 0 aromatic heterocycles. The number of unbranched alkanes of at least 4 members (excludes halogenated alkanes) is 13. The van der Waals surface area contributed by atoms with E-state index in [0.29, 0.717) is 6.54 Å². The minimum absolute atomic E-state index is 0. The fourth-order valence-corrected chi connectivity index (χ4v) is 3.01. The second-order valence-corrected chi connectivity index (χ2v) is 7.02. The van der Waals surface area contributed by atoms with Gasteiger partial charge < -0.3 is 20.3 Å². The summed E-state index contributed by atoms with van der Waals surface area (Å²) in [6, 6.07) is -1.08. The smallest absolute Gasteiger partial charge is 0.548 e. The molecule has 6 heteroatoms. The Balaban J connectivity index is 0. The van der Waals surface area contributed by atoms with E-state index in [1.165, 1.54) is 70.6 Å². The molecule has 0 radical (unpaired) electrons. The molecule has 0 aliphatic rings. The van der Waals surface area contributed by atoms with E-state index < -0.39 is 24.4 Å². The van der Waals surface area contributed by atoms with Gasteiger partial charge in [-0.1, -0.05) is 90.4 Å². The van der Waals surface area contributed by atoms with E-state index in [9.17, 15) is 14.7 Å². The number of hydrogen-bond donors (Lipinski definition) is 2. The number of rotatable bonds is 19. The van der Waals surface area contributed by atoms with E-state index >= 15 is 0 Å². The fourth-order valence-electron chi connectivity index (χ4n) is 3.01. The molecule has 0 aromatic rings. The van der Waals surface area contributed by atoms with E-state index in [1.54, 1.807) is 0 Å². The average Bonchev–Trinajstić information content (AvgIpc) is 2.56. The molecular weight excluding hydrogens is 357 g/mol. The zero-order valence-corrected chi connectivity index (χ0v) is 20.2. The summed E-state index contributed by atoms with van der Waals surface area (Å²) in [5.74, 6) is -2.46. The number of aliphatic carboxylic acids is 2. The molecule has 2 N–H and O–H groups in total. The quantitative estimate of drug-likeness (QED) is 0.248. The zero-order valence-electron chi connectivity index (χ0n) is 17.1. The Morgan fingerprint density at radius 2 is 1.19 bits per heavy atom. The third-order valence-electron chi connectivity index (χ3n) is 4.58. The van der Waals surface area contributed by atoms with Crippen LogP contribution in [0, 0.1) is 0 Å². The summed E-state index contributed by atoms with van der Waals surface area (Å²) in [6.45, 7) is 2.78. The molecule has 0 rings (SSSR count). The molecule has 5 nitrogen and oxygen atoms in total. The minimum atomic E-state index is -1.34. The average molecular weight is 396 g/mol. The predicted octanol–water partition coefficient (Wildman–Crippen LogP) is 0.655. The van der Waals surface area contributed by atoms with Crippen molar-refractivity contribution in [3.63, 3.8) is 0 Å². The molecule has 0 aliphatic heterocycles. The molecule has 0 aliphatic carbocycles. The van der Waals surface area contributed by atoms with Crippen LogP contribution >= 0.6 is 0 Å². The minimum Gasteiger partial charge on any atom is -0.548 e. The molecule has 0 fully saturated rings. The molecule has 148 valence electrons. The molecule has 0 spiro atoms. The second-order valence-electron chi connectivity index (χ2n) is 7.02. The third-order valence-corrected chi connectivity index (χ3v) is 4.58. The van der Waals surface area contributed by atoms with Gasteiger partial charge >= 0.3 is 57.4 Å². The van der Waals surface area contributed by atoms with Gasteiger partial charge in [0.1, 0.15) is 0 Å². The van der Waals surface area contributed by atoms with Crippen LogP contribution in [-0.4, -0.2) is 29.6 Å². The number of carbonyl (C=O) groups is 2. The molecular formula is C20H38KNO4. The summed E-state index contributed by atoms with van der Waals surface area (Å²) in [5, 5.41) is 22.2. The second kappa shape index (κ2) is 21.8. The van der Waals surface area contributed by atoms with E-state index in [2.05, 4.69) is 12.2 Å². The van der Waals surface area contributed by atoms with Crippen LogP contribution in [0.2, 0.25) is 0 Å². The number of carboxylic acids is 2. The Morgan fingerprint density at radius 1 is 0.808 bits per heavy atom. The van der Waals surface area contributed by atoms with Crippen molar-refractivity contribution in [2.45, 2.75) is 109 Å². The molecule has 0 saturated carbocycles. The van der Waals surface area contributed by atoms with Gasteiger partial charge in [0, 0.05) is 0 Å². The van der Waals surface area contributed by atoms with Crippen LogP contribution in [0.15, 0.2) is 0 Å². The summed E-state index contributed by atoms with van der Waals surface area (Å²) in [5.41, 5.74) is 0. The molecule has 0 amide bonds. The van der Waals surface area contributed by atoms with Gasteiger partial charge in [-0.25, -0.2) is 0 Å². The van der Waals surface area contributed by atoms with E-state index in [4.69, 9.17) is 5.11 Å². The van der Waals surface area contributed by atoms with Crippen LogP contribution in [0.25, 0.3) is 0 Å².